The Morgan fingerprint density at radius 2 is 2.03 bits per heavy atom. The molecule has 0 radical (unpaired) electrons. The van der Waals surface area contributed by atoms with Crippen LogP contribution in [-0.2, 0) is 10.2 Å². The smallest absolute Gasteiger partial charge is 0.322 e. The molecule has 0 aromatic heterocycles. The highest BCUT2D eigenvalue weighted by atomic mass is 19.1. The van der Waals surface area contributed by atoms with E-state index in [0.717, 1.165) is 11.1 Å². The molecule has 3 aliphatic rings. The molecule has 3 amide bonds. The number of aliphatic hydroxyl groups is 1. The summed E-state index contributed by atoms with van der Waals surface area (Å²) < 4.78 is 13.1. The third-order valence-electron chi connectivity index (χ3n) is 7.55. The number of halogens is 1. The van der Waals surface area contributed by atoms with Crippen LogP contribution in [0.1, 0.15) is 43.7 Å². The number of fused-ring (bicyclic) bond motifs is 1. The van der Waals surface area contributed by atoms with E-state index < -0.39 is 29.3 Å². The number of urea groups is 1. The summed E-state index contributed by atoms with van der Waals surface area (Å²) in [6, 6.07) is 4.19. The first-order chi connectivity index (χ1) is 13.7. The minimum Gasteiger partial charge on any atom is -0.508 e. The lowest BCUT2D eigenvalue weighted by atomic mass is 9.49. The summed E-state index contributed by atoms with van der Waals surface area (Å²) in [7, 11) is 0. The number of alkyl halides is 1. The number of amides is 3. The van der Waals surface area contributed by atoms with Crippen molar-refractivity contribution in [2.75, 3.05) is 19.8 Å². The lowest BCUT2D eigenvalue weighted by Crippen LogP contribution is -2.73. The van der Waals surface area contributed by atoms with E-state index in [1.807, 2.05) is 18.7 Å². The van der Waals surface area contributed by atoms with Crippen LogP contribution in [0.3, 0.4) is 0 Å². The molecule has 4 unspecified atom stereocenters. The monoisotopic (exact) mass is 405 g/mol. The number of hydrogen-bond acceptors (Lipinski definition) is 5. The summed E-state index contributed by atoms with van der Waals surface area (Å²) in [6.07, 6.45) is 1.30. The first-order valence-corrected chi connectivity index (χ1v) is 10.1. The highest BCUT2D eigenvalue weighted by Gasteiger charge is 2.66. The van der Waals surface area contributed by atoms with Crippen molar-refractivity contribution in [1.82, 2.24) is 15.5 Å². The summed E-state index contributed by atoms with van der Waals surface area (Å²) in [5.74, 6) is -0.290. The van der Waals surface area contributed by atoms with Gasteiger partial charge in [0, 0.05) is 18.0 Å². The van der Waals surface area contributed by atoms with Crippen LogP contribution in [0, 0.1) is 6.92 Å². The van der Waals surface area contributed by atoms with Gasteiger partial charge in [-0.15, -0.1) is 0 Å². The maximum Gasteiger partial charge on any atom is 0.322 e. The number of aryl methyl sites for hydroxylation is 1. The molecule has 1 aliphatic carbocycles. The van der Waals surface area contributed by atoms with Crippen molar-refractivity contribution in [3.8, 4) is 5.75 Å². The minimum atomic E-state index is -1.24. The number of imide groups is 1. The van der Waals surface area contributed by atoms with E-state index in [-0.39, 0.29) is 37.1 Å². The lowest BCUT2D eigenvalue weighted by Gasteiger charge is -2.62. The zero-order chi connectivity index (χ0) is 21.0. The van der Waals surface area contributed by atoms with Gasteiger partial charge in [-0.2, -0.15) is 0 Å². The number of likely N-dealkylation sites (tertiary alicyclic amines) is 1. The number of piperidine rings is 1. The zero-order valence-electron chi connectivity index (χ0n) is 16.8. The summed E-state index contributed by atoms with van der Waals surface area (Å²) >= 11 is 0. The number of phenols is 1. The highest BCUT2D eigenvalue weighted by molar-refractivity contribution is 6.07. The molecular weight excluding hydrogens is 377 g/mol. The largest absolute Gasteiger partial charge is 0.508 e. The molecule has 1 saturated carbocycles. The predicted octanol–water partition coefficient (Wildman–Crippen LogP) is 1.50. The van der Waals surface area contributed by atoms with Crippen LogP contribution in [0.25, 0.3) is 0 Å². The number of benzene rings is 1. The summed E-state index contributed by atoms with van der Waals surface area (Å²) in [4.78, 5) is 26.6. The predicted molar refractivity (Wildman–Crippen MR) is 104 cm³/mol. The molecule has 4 atom stereocenters. The van der Waals surface area contributed by atoms with Crippen molar-refractivity contribution in [3.63, 3.8) is 0 Å². The third-order valence-corrected chi connectivity index (χ3v) is 7.55. The Morgan fingerprint density at radius 1 is 1.28 bits per heavy atom. The van der Waals surface area contributed by atoms with E-state index in [2.05, 4.69) is 10.6 Å². The van der Waals surface area contributed by atoms with Gasteiger partial charge in [-0.05, 0) is 69.3 Å². The van der Waals surface area contributed by atoms with Crippen LogP contribution < -0.4 is 10.6 Å². The van der Waals surface area contributed by atoms with Gasteiger partial charge in [0.2, 0.25) is 0 Å². The summed E-state index contributed by atoms with van der Waals surface area (Å²) in [5, 5.41) is 27.4. The number of aromatic hydroxyl groups is 1. The van der Waals surface area contributed by atoms with Crippen LogP contribution in [0.5, 0.6) is 5.75 Å². The van der Waals surface area contributed by atoms with E-state index in [9.17, 15) is 24.2 Å². The van der Waals surface area contributed by atoms with Gasteiger partial charge >= 0.3 is 6.03 Å². The molecule has 1 aromatic carbocycles. The quantitative estimate of drug-likeness (QED) is 0.571. The standard InChI is InChI=1S/C21H28FN3O4/c1-13-3-4-15(26)11-16(13)19-7-9-25(10-8-22)14(2)21(19,29)6-5-20(12-19)17(27)23-18(28)24-20/h3-4,11,14,26,29H,5-10,12H2,1-2H3,(H2,23,24,27,28). The molecule has 4 rings (SSSR count). The Morgan fingerprint density at radius 3 is 2.69 bits per heavy atom. The molecule has 4 N–H and O–H groups in total. The van der Waals surface area contributed by atoms with Gasteiger partial charge < -0.3 is 15.5 Å². The molecule has 1 aromatic rings. The van der Waals surface area contributed by atoms with Crippen LogP contribution in [0.4, 0.5) is 9.18 Å². The Bertz CT molecular complexity index is 864. The maximum atomic E-state index is 13.1. The number of nitrogens with one attached hydrogen (secondary N) is 2. The van der Waals surface area contributed by atoms with E-state index >= 15 is 0 Å². The molecule has 1 spiro atoms. The molecule has 2 heterocycles. The third kappa shape index (κ3) is 2.76. The number of carbonyl (C=O) groups is 2. The number of phenolic OH excluding ortho intramolecular Hbond substituents is 1. The van der Waals surface area contributed by atoms with Crippen molar-refractivity contribution in [2.24, 2.45) is 0 Å². The Labute approximate surface area is 169 Å². The van der Waals surface area contributed by atoms with Crippen LogP contribution in [0.2, 0.25) is 0 Å². The fourth-order valence-electron chi connectivity index (χ4n) is 5.97. The number of hydrogen-bond donors (Lipinski definition) is 4. The summed E-state index contributed by atoms with van der Waals surface area (Å²) in [5.41, 5.74) is -1.52. The fourth-order valence-corrected chi connectivity index (χ4v) is 5.97. The van der Waals surface area contributed by atoms with E-state index in [1.54, 1.807) is 18.2 Å². The second kappa shape index (κ2) is 6.67. The molecule has 29 heavy (non-hydrogen) atoms. The van der Waals surface area contributed by atoms with E-state index in [4.69, 9.17) is 0 Å². The average molecular weight is 405 g/mol. The van der Waals surface area contributed by atoms with Crippen LogP contribution >= 0.6 is 0 Å². The van der Waals surface area contributed by atoms with Crippen molar-refractivity contribution < 1.29 is 24.2 Å². The molecule has 7 nitrogen and oxygen atoms in total. The SMILES string of the molecule is Cc1ccc(O)cc1C12CCN(CCF)C(C)C1(O)CCC1(C2)NC(=O)NC1=O. The van der Waals surface area contributed by atoms with Crippen molar-refractivity contribution >= 4 is 11.9 Å². The minimum absolute atomic E-state index is 0.0840. The molecule has 3 fully saturated rings. The van der Waals surface area contributed by atoms with Gasteiger partial charge in [0.05, 0.1) is 5.60 Å². The average Bonchev–Trinajstić information content (AvgIpc) is 2.95. The van der Waals surface area contributed by atoms with Crippen LogP contribution in [-0.4, -0.2) is 64.0 Å². The van der Waals surface area contributed by atoms with E-state index in [1.165, 1.54) is 0 Å². The Kier molecular flexibility index (Phi) is 4.62. The maximum absolute atomic E-state index is 13.1. The van der Waals surface area contributed by atoms with Gasteiger partial charge in [-0.1, -0.05) is 6.07 Å². The van der Waals surface area contributed by atoms with Gasteiger partial charge in [0.1, 0.15) is 18.0 Å². The Balaban J connectivity index is 1.87. The molecule has 0 bridgehead atoms. The number of rotatable bonds is 3. The fraction of sp³-hybridized carbons (Fsp3) is 0.619. The first kappa shape index (κ1) is 20.1. The van der Waals surface area contributed by atoms with Crippen molar-refractivity contribution in [3.05, 3.63) is 29.3 Å². The van der Waals surface area contributed by atoms with Crippen molar-refractivity contribution in [2.45, 2.75) is 62.1 Å². The van der Waals surface area contributed by atoms with Gasteiger partial charge in [-0.25, -0.2) is 9.18 Å². The molecule has 158 valence electrons. The normalized spacial score (nSPS) is 37.3. The van der Waals surface area contributed by atoms with Gasteiger partial charge in [-0.3, -0.25) is 15.0 Å². The van der Waals surface area contributed by atoms with E-state index in [0.29, 0.717) is 19.4 Å². The topological polar surface area (TPSA) is 102 Å². The molecule has 2 saturated heterocycles. The van der Waals surface area contributed by atoms with Crippen LogP contribution in [0.15, 0.2) is 18.2 Å². The number of carbonyl (C=O) groups excluding carboxylic acids is 2. The second-order valence-electron chi connectivity index (χ2n) is 8.82. The van der Waals surface area contributed by atoms with Crippen molar-refractivity contribution in [1.29, 1.82) is 0 Å². The lowest BCUT2D eigenvalue weighted by molar-refractivity contribution is -0.170. The molecule has 8 heteroatoms. The second-order valence-corrected chi connectivity index (χ2v) is 8.82. The van der Waals surface area contributed by atoms with Gasteiger partial charge in [0.15, 0.2) is 0 Å². The summed E-state index contributed by atoms with van der Waals surface area (Å²) in [6.45, 7) is 4.10. The first-order valence-electron chi connectivity index (χ1n) is 10.1. The Hall–Kier alpha value is -2.19. The molecule has 2 aliphatic heterocycles. The zero-order valence-corrected chi connectivity index (χ0v) is 16.8. The van der Waals surface area contributed by atoms with Gasteiger partial charge in [0.25, 0.3) is 5.91 Å². The number of nitrogens with zero attached hydrogens (tertiary/aromatic N) is 1. The highest BCUT2D eigenvalue weighted by Crippen LogP contribution is 2.57. The molecular formula is C21H28FN3O4.